The van der Waals surface area contributed by atoms with Gasteiger partial charge in [-0.2, -0.15) is 0 Å². The number of unbranched alkanes of at least 4 members (excludes halogenated alkanes) is 2. The average molecular weight is 256 g/mol. The molecule has 0 spiro atoms. The third kappa shape index (κ3) is 5.25. The first kappa shape index (κ1) is 15.3. The normalized spacial score (nSPS) is 24.1. The molecule has 1 fully saturated rings. The second-order valence-corrected chi connectivity index (χ2v) is 5.46. The lowest BCUT2D eigenvalue weighted by Gasteiger charge is -2.36. The number of carbonyl (C=O) groups is 1. The molecule has 0 bridgehead atoms. The predicted octanol–water partition coefficient (Wildman–Crippen LogP) is 2.63. The molecule has 0 aliphatic carbocycles. The highest BCUT2D eigenvalue weighted by molar-refractivity contribution is 5.74. The van der Waals surface area contributed by atoms with Crippen LogP contribution in [0.15, 0.2) is 0 Å². The second-order valence-electron chi connectivity index (χ2n) is 5.46. The zero-order valence-corrected chi connectivity index (χ0v) is 12.1. The van der Waals surface area contributed by atoms with Crippen LogP contribution >= 0.6 is 0 Å². The smallest absolute Gasteiger partial charge is 0.317 e. The Balaban J connectivity index is 2.12. The van der Waals surface area contributed by atoms with E-state index in [1.165, 1.54) is 0 Å². The number of methoxy groups -OCH3 is 1. The Labute approximate surface area is 111 Å². The van der Waals surface area contributed by atoms with Gasteiger partial charge in [0.15, 0.2) is 0 Å². The van der Waals surface area contributed by atoms with E-state index in [0.29, 0.717) is 6.04 Å². The first-order valence-corrected chi connectivity index (χ1v) is 7.18. The van der Waals surface area contributed by atoms with Crippen molar-refractivity contribution in [2.45, 2.75) is 52.0 Å². The Morgan fingerprint density at radius 3 is 2.78 bits per heavy atom. The van der Waals surface area contributed by atoms with Gasteiger partial charge < -0.3 is 15.0 Å². The molecular weight excluding hydrogens is 228 g/mol. The largest absolute Gasteiger partial charge is 0.385 e. The molecule has 1 aliphatic heterocycles. The molecule has 2 amide bonds. The van der Waals surface area contributed by atoms with Gasteiger partial charge in [0.1, 0.15) is 0 Å². The van der Waals surface area contributed by atoms with E-state index in [2.05, 4.69) is 19.2 Å². The summed E-state index contributed by atoms with van der Waals surface area (Å²) in [6, 6.07) is 0.489. The third-order valence-corrected chi connectivity index (χ3v) is 3.70. The summed E-state index contributed by atoms with van der Waals surface area (Å²) in [5.41, 5.74) is 0. The molecule has 2 atom stereocenters. The molecule has 18 heavy (non-hydrogen) atoms. The van der Waals surface area contributed by atoms with Crippen LogP contribution in [0.5, 0.6) is 0 Å². The summed E-state index contributed by atoms with van der Waals surface area (Å²) in [6.45, 7) is 6.91. The average Bonchev–Trinajstić information content (AvgIpc) is 2.33. The lowest BCUT2D eigenvalue weighted by molar-refractivity contribution is 0.139. The summed E-state index contributed by atoms with van der Waals surface area (Å²) in [6.07, 6.45) is 5.48. The monoisotopic (exact) mass is 256 g/mol. The number of amides is 2. The van der Waals surface area contributed by atoms with Crippen LogP contribution < -0.4 is 5.32 Å². The summed E-state index contributed by atoms with van der Waals surface area (Å²) in [4.78, 5) is 14.0. The van der Waals surface area contributed by atoms with Gasteiger partial charge in [-0.3, -0.25) is 0 Å². The van der Waals surface area contributed by atoms with E-state index in [0.717, 1.165) is 57.7 Å². The molecule has 1 aliphatic rings. The van der Waals surface area contributed by atoms with Crippen LogP contribution in [-0.2, 0) is 4.74 Å². The standard InChI is InChI=1S/C14H28N2O2/c1-12-7-9-16(13(2)11-12)14(17)15-8-5-4-6-10-18-3/h12-13H,4-11H2,1-3H3,(H,15,17)/t12-,13+/m0/s1. The number of piperidine rings is 1. The lowest BCUT2D eigenvalue weighted by atomic mass is 9.94. The zero-order chi connectivity index (χ0) is 13.4. The minimum Gasteiger partial charge on any atom is -0.385 e. The fourth-order valence-corrected chi connectivity index (χ4v) is 2.55. The molecule has 1 saturated heterocycles. The summed E-state index contributed by atoms with van der Waals surface area (Å²) in [7, 11) is 1.72. The van der Waals surface area contributed by atoms with Crippen molar-refractivity contribution in [3.05, 3.63) is 0 Å². The minimum absolute atomic E-state index is 0.112. The molecule has 0 unspecified atom stereocenters. The van der Waals surface area contributed by atoms with E-state index < -0.39 is 0 Å². The summed E-state index contributed by atoms with van der Waals surface area (Å²) in [5, 5.41) is 3.02. The van der Waals surface area contributed by atoms with Crippen LogP contribution in [0.25, 0.3) is 0 Å². The number of urea groups is 1. The van der Waals surface area contributed by atoms with E-state index in [1.807, 2.05) is 4.90 Å². The van der Waals surface area contributed by atoms with Gasteiger partial charge in [-0.1, -0.05) is 6.92 Å². The van der Waals surface area contributed by atoms with Crippen molar-refractivity contribution in [3.63, 3.8) is 0 Å². The Hall–Kier alpha value is -0.770. The Bertz CT molecular complexity index is 246. The van der Waals surface area contributed by atoms with Crippen molar-refractivity contribution < 1.29 is 9.53 Å². The summed E-state index contributed by atoms with van der Waals surface area (Å²) < 4.78 is 4.99. The molecule has 0 aromatic heterocycles. The van der Waals surface area contributed by atoms with Crippen molar-refractivity contribution in [1.82, 2.24) is 10.2 Å². The first-order chi connectivity index (χ1) is 8.65. The molecule has 1 N–H and O–H groups in total. The third-order valence-electron chi connectivity index (χ3n) is 3.70. The molecule has 1 rings (SSSR count). The molecule has 0 radical (unpaired) electrons. The molecule has 0 aromatic rings. The van der Waals surface area contributed by atoms with E-state index in [4.69, 9.17) is 4.74 Å². The number of hydrogen-bond donors (Lipinski definition) is 1. The van der Waals surface area contributed by atoms with Gasteiger partial charge in [-0.05, 0) is 44.9 Å². The van der Waals surface area contributed by atoms with Crippen LogP contribution in [0.1, 0.15) is 46.0 Å². The highest BCUT2D eigenvalue weighted by atomic mass is 16.5. The van der Waals surface area contributed by atoms with Gasteiger partial charge in [0.25, 0.3) is 0 Å². The van der Waals surface area contributed by atoms with E-state index >= 15 is 0 Å². The maximum absolute atomic E-state index is 12.0. The maximum Gasteiger partial charge on any atom is 0.317 e. The fraction of sp³-hybridized carbons (Fsp3) is 0.929. The predicted molar refractivity (Wildman–Crippen MR) is 73.7 cm³/mol. The summed E-state index contributed by atoms with van der Waals surface area (Å²) >= 11 is 0. The minimum atomic E-state index is 0.112. The van der Waals surface area contributed by atoms with Gasteiger partial charge in [0.05, 0.1) is 0 Å². The van der Waals surface area contributed by atoms with Gasteiger partial charge in [-0.25, -0.2) is 4.79 Å². The lowest BCUT2D eigenvalue weighted by Crippen LogP contribution is -2.49. The molecular formula is C14H28N2O2. The Morgan fingerprint density at radius 1 is 1.33 bits per heavy atom. The van der Waals surface area contributed by atoms with Gasteiger partial charge >= 0.3 is 6.03 Å². The number of carbonyl (C=O) groups excluding carboxylic acids is 1. The molecule has 0 aromatic carbocycles. The number of hydrogen-bond acceptors (Lipinski definition) is 2. The highest BCUT2D eigenvalue weighted by Crippen LogP contribution is 2.21. The second kappa shape index (κ2) is 8.35. The van der Waals surface area contributed by atoms with Gasteiger partial charge in [-0.15, -0.1) is 0 Å². The zero-order valence-electron chi connectivity index (χ0n) is 12.1. The van der Waals surface area contributed by atoms with Crippen LogP contribution in [0.2, 0.25) is 0 Å². The number of likely N-dealkylation sites (tertiary alicyclic amines) is 1. The SMILES string of the molecule is COCCCCCNC(=O)N1CC[C@H](C)C[C@H]1C. The quantitative estimate of drug-likeness (QED) is 0.742. The van der Waals surface area contributed by atoms with Crippen molar-refractivity contribution >= 4 is 6.03 Å². The van der Waals surface area contributed by atoms with E-state index in [9.17, 15) is 4.79 Å². The number of ether oxygens (including phenoxy) is 1. The Kier molecular flexibility index (Phi) is 7.09. The molecule has 0 saturated carbocycles. The summed E-state index contributed by atoms with van der Waals surface area (Å²) in [5.74, 6) is 0.748. The van der Waals surface area contributed by atoms with Crippen molar-refractivity contribution in [1.29, 1.82) is 0 Å². The topological polar surface area (TPSA) is 41.6 Å². The number of nitrogens with one attached hydrogen (secondary N) is 1. The first-order valence-electron chi connectivity index (χ1n) is 7.18. The van der Waals surface area contributed by atoms with Gasteiger partial charge in [0, 0.05) is 32.8 Å². The fourth-order valence-electron chi connectivity index (χ4n) is 2.55. The van der Waals surface area contributed by atoms with Crippen molar-refractivity contribution in [2.75, 3.05) is 26.8 Å². The number of nitrogens with zero attached hydrogens (tertiary/aromatic N) is 1. The number of rotatable bonds is 6. The maximum atomic E-state index is 12.0. The Morgan fingerprint density at radius 2 is 2.11 bits per heavy atom. The van der Waals surface area contributed by atoms with Crippen molar-refractivity contribution in [3.8, 4) is 0 Å². The van der Waals surface area contributed by atoms with Crippen LogP contribution in [0.3, 0.4) is 0 Å². The van der Waals surface area contributed by atoms with Gasteiger partial charge in [0.2, 0.25) is 0 Å². The molecule has 4 heteroatoms. The molecule has 106 valence electrons. The van der Waals surface area contributed by atoms with Crippen LogP contribution in [-0.4, -0.2) is 43.8 Å². The van der Waals surface area contributed by atoms with E-state index in [1.54, 1.807) is 7.11 Å². The van der Waals surface area contributed by atoms with Crippen LogP contribution in [0, 0.1) is 5.92 Å². The molecule has 1 heterocycles. The van der Waals surface area contributed by atoms with Crippen LogP contribution in [0.4, 0.5) is 4.79 Å². The van der Waals surface area contributed by atoms with E-state index in [-0.39, 0.29) is 6.03 Å². The molecule has 4 nitrogen and oxygen atoms in total. The highest BCUT2D eigenvalue weighted by Gasteiger charge is 2.26. The van der Waals surface area contributed by atoms with Crippen molar-refractivity contribution in [2.24, 2.45) is 5.92 Å².